The Kier molecular flexibility index (Phi) is 3.57. The summed E-state index contributed by atoms with van der Waals surface area (Å²) in [5.41, 5.74) is 1.62. The van der Waals surface area contributed by atoms with Crippen LogP contribution in [0.5, 0.6) is 0 Å². The average molecular weight is 243 g/mol. The molecule has 0 aliphatic heterocycles. The lowest BCUT2D eigenvalue weighted by Crippen LogP contribution is -1.95. The van der Waals surface area contributed by atoms with Gasteiger partial charge in [-0.1, -0.05) is 0 Å². The van der Waals surface area contributed by atoms with Crippen LogP contribution >= 0.6 is 0 Å². The van der Waals surface area contributed by atoms with Gasteiger partial charge in [-0.2, -0.15) is 0 Å². The molecule has 0 amide bonds. The smallest absolute Gasteiger partial charge is 0.330 e. The first-order valence-electron chi connectivity index (χ1n) is 5.47. The summed E-state index contributed by atoms with van der Waals surface area (Å²) in [6.07, 6.45) is 4.82. The van der Waals surface area contributed by atoms with Gasteiger partial charge in [0.15, 0.2) is 0 Å². The van der Waals surface area contributed by atoms with Gasteiger partial charge in [-0.15, -0.1) is 0 Å². The summed E-state index contributed by atoms with van der Waals surface area (Å²) in [5, 5.41) is 0. The number of hydrogen-bond acceptors (Lipinski definition) is 4. The molecule has 0 atom stereocenters. The van der Waals surface area contributed by atoms with Gasteiger partial charge in [-0.3, -0.25) is 4.98 Å². The van der Waals surface area contributed by atoms with Crippen LogP contribution in [0.3, 0.4) is 0 Å². The van der Waals surface area contributed by atoms with Crippen molar-refractivity contribution in [2.24, 2.45) is 0 Å². The molecule has 0 saturated carbocycles. The number of rotatable bonds is 3. The third kappa shape index (κ3) is 2.66. The molecular weight excluding hydrogens is 230 g/mol. The summed E-state index contributed by atoms with van der Waals surface area (Å²) in [4.78, 5) is 15.2. The Morgan fingerprint density at radius 3 is 2.89 bits per heavy atom. The van der Waals surface area contributed by atoms with E-state index in [1.807, 2.05) is 24.3 Å². The number of ether oxygens (including phenoxy) is 1. The number of nitrogens with zero attached hydrogens (tertiary/aromatic N) is 1. The van der Waals surface area contributed by atoms with Crippen molar-refractivity contribution in [2.45, 2.75) is 6.92 Å². The van der Waals surface area contributed by atoms with Crippen molar-refractivity contribution in [1.82, 2.24) is 4.98 Å². The molecule has 0 radical (unpaired) electrons. The van der Waals surface area contributed by atoms with E-state index >= 15 is 0 Å². The maximum atomic E-state index is 11.1. The lowest BCUT2D eigenvalue weighted by Gasteiger charge is -1.97. The Morgan fingerprint density at radius 2 is 2.22 bits per heavy atom. The largest absolute Gasteiger partial charge is 0.466 e. The third-order valence-corrected chi connectivity index (χ3v) is 2.48. The van der Waals surface area contributed by atoms with E-state index in [1.165, 1.54) is 13.2 Å². The van der Waals surface area contributed by atoms with Crippen LogP contribution < -0.4 is 0 Å². The van der Waals surface area contributed by atoms with Crippen LogP contribution in [0.25, 0.3) is 16.9 Å². The Hall–Kier alpha value is -2.36. The van der Waals surface area contributed by atoms with Gasteiger partial charge < -0.3 is 9.15 Å². The number of methoxy groups -OCH3 is 1. The van der Waals surface area contributed by atoms with Crippen LogP contribution in [0, 0.1) is 0 Å². The fraction of sp³-hybridized carbons (Fsp3) is 0.143. The monoisotopic (exact) mass is 243 g/mol. The molecule has 4 nitrogen and oxygen atoms in total. The molecule has 0 unspecified atom stereocenters. The quantitative estimate of drug-likeness (QED) is 0.614. The molecule has 0 aliphatic rings. The number of carbonyl (C=O) groups is 1. The van der Waals surface area contributed by atoms with Crippen LogP contribution in [-0.2, 0) is 9.53 Å². The molecule has 18 heavy (non-hydrogen) atoms. The van der Waals surface area contributed by atoms with Crippen LogP contribution in [0.2, 0.25) is 0 Å². The van der Waals surface area contributed by atoms with Crippen LogP contribution in [0.15, 0.2) is 47.2 Å². The number of furan rings is 1. The van der Waals surface area contributed by atoms with Gasteiger partial charge in [0.25, 0.3) is 0 Å². The zero-order chi connectivity index (χ0) is 13.0. The van der Waals surface area contributed by atoms with Crippen molar-refractivity contribution in [3.05, 3.63) is 48.5 Å². The summed E-state index contributed by atoms with van der Waals surface area (Å²) in [7, 11) is 1.34. The van der Waals surface area contributed by atoms with Gasteiger partial charge >= 0.3 is 5.97 Å². The maximum absolute atomic E-state index is 11.1. The zero-order valence-corrected chi connectivity index (χ0v) is 10.2. The predicted molar refractivity (Wildman–Crippen MR) is 67.6 cm³/mol. The molecule has 0 aliphatic carbocycles. The number of allylic oxidation sites excluding steroid dienone is 1. The molecule has 0 fully saturated rings. The van der Waals surface area contributed by atoms with Gasteiger partial charge in [-0.05, 0) is 36.8 Å². The predicted octanol–water partition coefficient (Wildman–Crippen LogP) is 2.92. The summed E-state index contributed by atoms with van der Waals surface area (Å²) in [6, 6.07) is 7.42. The average Bonchev–Trinajstić information content (AvgIpc) is 2.89. The van der Waals surface area contributed by atoms with Crippen LogP contribution in [0.4, 0.5) is 0 Å². The summed E-state index contributed by atoms with van der Waals surface area (Å²) in [6.45, 7) is 1.79. The molecule has 92 valence electrons. The Morgan fingerprint density at radius 1 is 1.39 bits per heavy atom. The second kappa shape index (κ2) is 5.31. The molecular formula is C14H13NO3. The van der Waals surface area contributed by atoms with E-state index in [2.05, 4.69) is 9.72 Å². The fourth-order valence-corrected chi connectivity index (χ4v) is 1.52. The fourth-order valence-electron chi connectivity index (χ4n) is 1.52. The molecule has 0 aromatic carbocycles. The van der Waals surface area contributed by atoms with E-state index in [0.717, 1.165) is 16.9 Å². The van der Waals surface area contributed by atoms with E-state index in [0.29, 0.717) is 5.76 Å². The van der Waals surface area contributed by atoms with Crippen molar-refractivity contribution in [3.8, 4) is 11.3 Å². The van der Waals surface area contributed by atoms with Gasteiger partial charge in [0.05, 0.1) is 7.11 Å². The number of aromatic nitrogens is 1. The molecule has 2 heterocycles. The van der Waals surface area contributed by atoms with Crippen LogP contribution in [0.1, 0.15) is 12.7 Å². The van der Waals surface area contributed by atoms with Crippen molar-refractivity contribution in [2.75, 3.05) is 7.11 Å². The zero-order valence-electron chi connectivity index (χ0n) is 10.2. The van der Waals surface area contributed by atoms with Crippen molar-refractivity contribution < 1.29 is 13.9 Å². The number of esters is 1. The number of carbonyl (C=O) groups excluding carboxylic acids is 1. The number of hydrogen-bond donors (Lipinski definition) is 0. The lowest BCUT2D eigenvalue weighted by atomic mass is 10.2. The highest BCUT2D eigenvalue weighted by atomic mass is 16.5. The SMILES string of the molecule is COC(=O)/C=C(\C)c1ccc(-c2cccnc2)o1. The minimum Gasteiger partial charge on any atom is -0.466 e. The molecule has 0 spiro atoms. The van der Waals surface area contributed by atoms with E-state index in [4.69, 9.17) is 4.42 Å². The third-order valence-electron chi connectivity index (χ3n) is 2.48. The van der Waals surface area contributed by atoms with Crippen LogP contribution in [-0.4, -0.2) is 18.1 Å². The van der Waals surface area contributed by atoms with Crippen molar-refractivity contribution >= 4 is 11.5 Å². The van der Waals surface area contributed by atoms with E-state index in [1.54, 1.807) is 19.3 Å². The molecule has 2 aromatic heterocycles. The lowest BCUT2D eigenvalue weighted by molar-refractivity contribution is -0.134. The Bertz CT molecular complexity index is 570. The van der Waals surface area contributed by atoms with Gasteiger partial charge in [0, 0.05) is 24.0 Å². The topological polar surface area (TPSA) is 52.3 Å². The van der Waals surface area contributed by atoms with E-state index in [-0.39, 0.29) is 0 Å². The highest BCUT2D eigenvalue weighted by Gasteiger charge is 2.07. The molecule has 0 saturated heterocycles. The molecule has 0 N–H and O–H groups in total. The first-order valence-corrected chi connectivity index (χ1v) is 5.47. The highest BCUT2D eigenvalue weighted by Crippen LogP contribution is 2.24. The minimum atomic E-state index is -0.396. The van der Waals surface area contributed by atoms with Gasteiger partial charge in [0.1, 0.15) is 11.5 Å². The van der Waals surface area contributed by atoms with Gasteiger partial charge in [0.2, 0.25) is 0 Å². The molecule has 2 rings (SSSR count). The molecule has 0 bridgehead atoms. The second-order valence-electron chi connectivity index (χ2n) is 3.76. The Labute approximate surface area is 105 Å². The van der Waals surface area contributed by atoms with Crippen molar-refractivity contribution in [1.29, 1.82) is 0 Å². The second-order valence-corrected chi connectivity index (χ2v) is 3.76. The normalized spacial score (nSPS) is 11.3. The summed E-state index contributed by atoms with van der Waals surface area (Å²) >= 11 is 0. The summed E-state index contributed by atoms with van der Waals surface area (Å²) in [5.74, 6) is 0.960. The molecule has 2 aromatic rings. The Balaban J connectivity index is 2.26. The van der Waals surface area contributed by atoms with Gasteiger partial charge in [-0.25, -0.2) is 4.79 Å². The molecule has 4 heteroatoms. The first kappa shape index (κ1) is 12.1. The maximum Gasteiger partial charge on any atom is 0.330 e. The summed E-state index contributed by atoms with van der Waals surface area (Å²) < 4.78 is 10.2. The van der Waals surface area contributed by atoms with E-state index in [9.17, 15) is 4.79 Å². The highest BCUT2D eigenvalue weighted by molar-refractivity contribution is 5.90. The van der Waals surface area contributed by atoms with E-state index < -0.39 is 5.97 Å². The van der Waals surface area contributed by atoms with Crippen molar-refractivity contribution in [3.63, 3.8) is 0 Å². The minimum absolute atomic E-state index is 0.396. The standard InChI is InChI=1S/C14H13NO3/c1-10(8-14(16)17-2)12-5-6-13(18-12)11-4-3-7-15-9-11/h3-9H,1-2H3/b10-8+. The first-order chi connectivity index (χ1) is 8.70. The number of pyridine rings is 1.